The van der Waals surface area contributed by atoms with Crippen molar-refractivity contribution in [3.8, 4) is 0 Å². The molecule has 0 bridgehead atoms. The van der Waals surface area contributed by atoms with Crippen LogP contribution in [0.3, 0.4) is 0 Å². The highest BCUT2D eigenvalue weighted by Crippen LogP contribution is 1.94. The van der Waals surface area contributed by atoms with Gasteiger partial charge in [0.25, 0.3) is 0 Å². The van der Waals surface area contributed by atoms with E-state index >= 15 is 0 Å². The molecule has 0 saturated heterocycles. The molecule has 1 atom stereocenters. The minimum atomic E-state index is -0.899. The Kier molecular flexibility index (Phi) is 7.83. The van der Waals surface area contributed by atoms with E-state index in [0.717, 1.165) is 6.42 Å². The predicted molar refractivity (Wildman–Crippen MR) is 38.6 cm³/mol. The SMILES string of the molecule is COCCCOC(O)CC[O]. The van der Waals surface area contributed by atoms with Crippen LogP contribution in [0.4, 0.5) is 0 Å². The molecule has 1 unspecified atom stereocenters. The van der Waals surface area contributed by atoms with Gasteiger partial charge in [0, 0.05) is 20.1 Å². The number of hydrogen-bond donors (Lipinski definition) is 1. The van der Waals surface area contributed by atoms with Crippen molar-refractivity contribution in [1.29, 1.82) is 0 Å². The minimum absolute atomic E-state index is 0.160. The Balaban J connectivity index is 2.97. The molecule has 0 saturated carbocycles. The highest BCUT2D eigenvalue weighted by Gasteiger charge is 2.01. The van der Waals surface area contributed by atoms with Crippen LogP contribution in [0, 0.1) is 0 Å². The van der Waals surface area contributed by atoms with Gasteiger partial charge in [-0.1, -0.05) is 0 Å². The van der Waals surface area contributed by atoms with Crippen LogP contribution in [-0.2, 0) is 14.6 Å². The molecule has 0 rings (SSSR count). The molecule has 0 aliphatic heterocycles. The van der Waals surface area contributed by atoms with Gasteiger partial charge < -0.3 is 14.6 Å². The fourth-order valence-electron chi connectivity index (χ4n) is 0.607. The molecule has 0 amide bonds. The zero-order valence-corrected chi connectivity index (χ0v) is 6.78. The van der Waals surface area contributed by atoms with E-state index in [-0.39, 0.29) is 13.0 Å². The molecule has 0 heterocycles. The first-order chi connectivity index (χ1) is 5.31. The molecule has 0 spiro atoms. The van der Waals surface area contributed by atoms with Crippen molar-refractivity contribution >= 4 is 0 Å². The lowest BCUT2D eigenvalue weighted by molar-refractivity contribution is -0.114. The molecule has 0 fully saturated rings. The largest absolute Gasteiger partial charge is 0.385 e. The Morgan fingerprint density at radius 1 is 1.45 bits per heavy atom. The molecule has 0 aromatic rings. The second-order valence-electron chi connectivity index (χ2n) is 2.16. The van der Waals surface area contributed by atoms with Crippen LogP contribution >= 0.6 is 0 Å². The fraction of sp³-hybridized carbons (Fsp3) is 1.00. The van der Waals surface area contributed by atoms with Crippen molar-refractivity contribution in [1.82, 2.24) is 0 Å². The van der Waals surface area contributed by atoms with Crippen molar-refractivity contribution in [2.24, 2.45) is 0 Å². The van der Waals surface area contributed by atoms with Crippen LogP contribution < -0.4 is 0 Å². The van der Waals surface area contributed by atoms with E-state index in [9.17, 15) is 5.11 Å². The molecule has 0 aromatic carbocycles. The van der Waals surface area contributed by atoms with Crippen molar-refractivity contribution < 1.29 is 19.7 Å². The van der Waals surface area contributed by atoms with Gasteiger partial charge in [-0.15, -0.1) is 0 Å². The molecule has 0 aliphatic rings. The molecule has 67 valence electrons. The van der Waals surface area contributed by atoms with Gasteiger partial charge in [-0.25, -0.2) is 5.11 Å². The summed E-state index contributed by atoms with van der Waals surface area (Å²) in [6.07, 6.45) is 0.00344. The average molecular weight is 163 g/mol. The molecule has 4 heteroatoms. The molecule has 1 N–H and O–H groups in total. The summed E-state index contributed by atoms with van der Waals surface area (Å²) in [6.45, 7) is 0.755. The zero-order valence-electron chi connectivity index (χ0n) is 6.78. The smallest absolute Gasteiger partial charge is 0.156 e. The maximum Gasteiger partial charge on any atom is 0.156 e. The lowest BCUT2D eigenvalue weighted by Gasteiger charge is -2.08. The normalized spacial score (nSPS) is 13.4. The summed E-state index contributed by atoms with van der Waals surface area (Å²) >= 11 is 0. The first kappa shape index (κ1) is 10.8. The van der Waals surface area contributed by atoms with E-state index in [2.05, 4.69) is 0 Å². The van der Waals surface area contributed by atoms with Crippen LogP contribution in [0.1, 0.15) is 12.8 Å². The van der Waals surface area contributed by atoms with Gasteiger partial charge in [0.1, 0.15) is 0 Å². The van der Waals surface area contributed by atoms with Crippen LogP contribution in [0.2, 0.25) is 0 Å². The monoisotopic (exact) mass is 163 g/mol. The summed E-state index contributed by atoms with van der Waals surface area (Å²) in [7, 11) is 1.61. The third-order valence-corrected chi connectivity index (χ3v) is 1.17. The van der Waals surface area contributed by atoms with Gasteiger partial charge in [-0.05, 0) is 6.42 Å². The summed E-state index contributed by atoms with van der Waals surface area (Å²) in [5.41, 5.74) is 0. The predicted octanol–water partition coefficient (Wildman–Crippen LogP) is 0.179. The van der Waals surface area contributed by atoms with Gasteiger partial charge in [0.2, 0.25) is 0 Å². The molecule has 0 aliphatic carbocycles. The second-order valence-corrected chi connectivity index (χ2v) is 2.16. The summed E-state index contributed by atoms with van der Waals surface area (Å²) in [4.78, 5) is 0. The Morgan fingerprint density at radius 2 is 2.18 bits per heavy atom. The molecule has 4 nitrogen and oxygen atoms in total. The van der Waals surface area contributed by atoms with Crippen molar-refractivity contribution in [2.45, 2.75) is 19.1 Å². The van der Waals surface area contributed by atoms with E-state index in [4.69, 9.17) is 14.6 Å². The lowest BCUT2D eigenvalue weighted by atomic mass is 10.4. The number of hydrogen-bond acceptors (Lipinski definition) is 3. The maximum absolute atomic E-state index is 9.96. The Labute approximate surface area is 66.7 Å². The first-order valence-electron chi connectivity index (χ1n) is 3.68. The molecular weight excluding hydrogens is 148 g/mol. The minimum Gasteiger partial charge on any atom is -0.385 e. The van der Waals surface area contributed by atoms with Crippen LogP contribution in [-0.4, -0.2) is 38.3 Å². The summed E-state index contributed by atoms with van der Waals surface area (Å²) in [5.74, 6) is 0. The van der Waals surface area contributed by atoms with Gasteiger partial charge in [0.15, 0.2) is 6.29 Å². The number of aliphatic hydroxyl groups excluding tert-OH is 1. The van der Waals surface area contributed by atoms with Gasteiger partial charge in [0.05, 0.1) is 13.2 Å². The second kappa shape index (κ2) is 7.94. The quantitative estimate of drug-likeness (QED) is 0.430. The third kappa shape index (κ3) is 7.74. The van der Waals surface area contributed by atoms with Gasteiger partial charge in [-0.3, -0.25) is 0 Å². The number of aliphatic hydroxyl groups is 1. The zero-order chi connectivity index (χ0) is 8.53. The van der Waals surface area contributed by atoms with E-state index in [1.807, 2.05) is 0 Å². The van der Waals surface area contributed by atoms with E-state index in [1.54, 1.807) is 7.11 Å². The van der Waals surface area contributed by atoms with Crippen LogP contribution in [0.15, 0.2) is 0 Å². The van der Waals surface area contributed by atoms with Gasteiger partial charge in [-0.2, -0.15) is 0 Å². The van der Waals surface area contributed by atoms with Crippen molar-refractivity contribution in [3.63, 3.8) is 0 Å². The Bertz CT molecular complexity index is 76.8. The first-order valence-corrected chi connectivity index (χ1v) is 3.68. The summed E-state index contributed by atoms with van der Waals surface area (Å²) < 4.78 is 9.62. The van der Waals surface area contributed by atoms with Crippen molar-refractivity contribution in [2.75, 3.05) is 26.9 Å². The van der Waals surface area contributed by atoms with E-state index in [1.165, 1.54) is 0 Å². The summed E-state index contributed by atoms with van der Waals surface area (Å²) in [6, 6.07) is 0. The molecule has 11 heavy (non-hydrogen) atoms. The molecule has 1 radical (unpaired) electrons. The summed E-state index contributed by atoms with van der Waals surface area (Å²) in [5, 5.41) is 18.8. The lowest BCUT2D eigenvalue weighted by Crippen LogP contribution is -2.14. The standard InChI is InChI=1S/C7H15O4/c1-10-5-2-6-11-7(9)3-4-8/h7,9H,2-6H2,1H3. The highest BCUT2D eigenvalue weighted by atomic mass is 16.6. The van der Waals surface area contributed by atoms with Crippen molar-refractivity contribution in [3.05, 3.63) is 0 Å². The Hall–Kier alpha value is -0.160. The number of methoxy groups -OCH3 is 1. The number of ether oxygens (including phenoxy) is 2. The fourth-order valence-corrected chi connectivity index (χ4v) is 0.607. The molecular formula is C7H15O4. The third-order valence-electron chi connectivity index (χ3n) is 1.17. The number of rotatable bonds is 7. The van der Waals surface area contributed by atoms with E-state index in [0.29, 0.717) is 13.2 Å². The topological polar surface area (TPSA) is 58.6 Å². The van der Waals surface area contributed by atoms with Crippen LogP contribution in [0.25, 0.3) is 0 Å². The highest BCUT2D eigenvalue weighted by molar-refractivity contribution is 4.40. The van der Waals surface area contributed by atoms with E-state index < -0.39 is 6.29 Å². The average Bonchev–Trinajstić information content (AvgIpc) is 1.99. The Morgan fingerprint density at radius 3 is 2.73 bits per heavy atom. The maximum atomic E-state index is 9.96. The van der Waals surface area contributed by atoms with Crippen LogP contribution in [0.5, 0.6) is 0 Å². The van der Waals surface area contributed by atoms with Gasteiger partial charge >= 0.3 is 0 Å². The molecule has 0 aromatic heterocycles.